The van der Waals surface area contributed by atoms with Crippen LogP contribution in [0.3, 0.4) is 0 Å². The van der Waals surface area contributed by atoms with Gasteiger partial charge in [0.25, 0.3) is 0 Å². The molecule has 1 fully saturated rings. The standard InChI is InChI=1S/C17H28N2O3/c1-3-22-14-16(20)13-19-10-8-18(9-11-19)12-15-6-4-5-7-17(15)21-2/h4-7,16,20H,3,8-14H2,1-2H3. The van der Waals surface area contributed by atoms with Crippen molar-refractivity contribution in [3.8, 4) is 5.75 Å². The zero-order valence-electron chi connectivity index (χ0n) is 13.7. The lowest BCUT2D eigenvalue weighted by molar-refractivity contribution is 0.0101. The van der Waals surface area contributed by atoms with E-state index < -0.39 is 0 Å². The van der Waals surface area contributed by atoms with Gasteiger partial charge in [-0.3, -0.25) is 9.80 Å². The van der Waals surface area contributed by atoms with Crippen LogP contribution in [0.5, 0.6) is 5.75 Å². The van der Waals surface area contributed by atoms with Gasteiger partial charge in [-0.1, -0.05) is 18.2 Å². The summed E-state index contributed by atoms with van der Waals surface area (Å²) < 4.78 is 10.7. The molecule has 5 heteroatoms. The molecule has 2 rings (SSSR count). The van der Waals surface area contributed by atoms with Gasteiger partial charge in [0.1, 0.15) is 5.75 Å². The third-order valence-electron chi connectivity index (χ3n) is 4.03. The van der Waals surface area contributed by atoms with E-state index in [2.05, 4.69) is 21.9 Å². The maximum Gasteiger partial charge on any atom is 0.123 e. The molecule has 1 aromatic rings. The summed E-state index contributed by atoms with van der Waals surface area (Å²) in [5.74, 6) is 0.956. The van der Waals surface area contributed by atoms with Crippen LogP contribution in [0.25, 0.3) is 0 Å². The second-order valence-electron chi connectivity index (χ2n) is 5.70. The number of hydrogen-bond donors (Lipinski definition) is 1. The zero-order valence-corrected chi connectivity index (χ0v) is 13.7. The molecule has 0 radical (unpaired) electrons. The van der Waals surface area contributed by atoms with E-state index in [1.54, 1.807) is 7.11 Å². The van der Waals surface area contributed by atoms with Gasteiger partial charge in [-0.25, -0.2) is 0 Å². The number of hydrogen-bond acceptors (Lipinski definition) is 5. The Hall–Kier alpha value is -1.14. The van der Waals surface area contributed by atoms with Crippen molar-refractivity contribution in [1.29, 1.82) is 0 Å². The number of aliphatic hydroxyl groups excluding tert-OH is 1. The number of rotatable bonds is 8. The highest BCUT2D eigenvalue weighted by Gasteiger charge is 2.20. The third-order valence-corrected chi connectivity index (χ3v) is 4.03. The number of aliphatic hydroxyl groups is 1. The van der Waals surface area contributed by atoms with Crippen LogP contribution < -0.4 is 4.74 Å². The molecule has 0 bridgehead atoms. The molecule has 0 aliphatic carbocycles. The lowest BCUT2D eigenvalue weighted by Gasteiger charge is -2.35. The van der Waals surface area contributed by atoms with Crippen molar-refractivity contribution in [2.75, 3.05) is 53.0 Å². The summed E-state index contributed by atoms with van der Waals surface area (Å²) in [6, 6.07) is 8.19. The summed E-state index contributed by atoms with van der Waals surface area (Å²) in [5, 5.41) is 9.91. The van der Waals surface area contributed by atoms with Gasteiger partial charge in [0.2, 0.25) is 0 Å². The molecule has 1 heterocycles. The summed E-state index contributed by atoms with van der Waals surface area (Å²) >= 11 is 0. The lowest BCUT2D eigenvalue weighted by Crippen LogP contribution is -2.48. The Balaban J connectivity index is 1.75. The van der Waals surface area contributed by atoms with E-state index in [-0.39, 0.29) is 6.10 Å². The average Bonchev–Trinajstić information content (AvgIpc) is 2.55. The Morgan fingerprint density at radius 2 is 1.82 bits per heavy atom. The molecule has 0 spiro atoms. The quantitative estimate of drug-likeness (QED) is 0.782. The molecule has 1 aromatic carbocycles. The van der Waals surface area contributed by atoms with Crippen LogP contribution >= 0.6 is 0 Å². The van der Waals surface area contributed by atoms with Gasteiger partial charge >= 0.3 is 0 Å². The number of ether oxygens (including phenoxy) is 2. The van der Waals surface area contributed by atoms with Crippen LogP contribution in [0, 0.1) is 0 Å². The molecule has 0 amide bonds. The maximum atomic E-state index is 9.91. The molecule has 0 aromatic heterocycles. The molecule has 0 saturated carbocycles. The van der Waals surface area contributed by atoms with E-state index in [1.807, 2.05) is 19.1 Å². The van der Waals surface area contributed by atoms with E-state index in [4.69, 9.17) is 9.47 Å². The predicted molar refractivity (Wildman–Crippen MR) is 87.2 cm³/mol. The van der Waals surface area contributed by atoms with Gasteiger partial charge in [0.05, 0.1) is 19.8 Å². The summed E-state index contributed by atoms with van der Waals surface area (Å²) in [4.78, 5) is 4.74. The van der Waals surface area contributed by atoms with Crippen molar-refractivity contribution in [1.82, 2.24) is 9.80 Å². The highest BCUT2D eigenvalue weighted by Crippen LogP contribution is 2.19. The van der Waals surface area contributed by atoms with Crippen LogP contribution in [0.4, 0.5) is 0 Å². The fraction of sp³-hybridized carbons (Fsp3) is 0.647. The molecule has 1 saturated heterocycles. The molecule has 1 unspecified atom stereocenters. The van der Waals surface area contributed by atoms with E-state index in [0.29, 0.717) is 19.8 Å². The second-order valence-corrected chi connectivity index (χ2v) is 5.70. The monoisotopic (exact) mass is 308 g/mol. The molecular formula is C17H28N2O3. The molecule has 124 valence electrons. The lowest BCUT2D eigenvalue weighted by atomic mass is 10.1. The molecule has 22 heavy (non-hydrogen) atoms. The van der Waals surface area contributed by atoms with Crippen molar-refractivity contribution < 1.29 is 14.6 Å². The van der Waals surface area contributed by atoms with Crippen molar-refractivity contribution in [2.24, 2.45) is 0 Å². The second kappa shape index (κ2) is 9.10. The summed E-state index contributed by atoms with van der Waals surface area (Å²) in [6.45, 7) is 8.64. The van der Waals surface area contributed by atoms with Crippen molar-refractivity contribution in [2.45, 2.75) is 19.6 Å². The molecule has 1 aliphatic heterocycles. The summed E-state index contributed by atoms with van der Waals surface area (Å²) in [5.41, 5.74) is 1.23. The average molecular weight is 308 g/mol. The minimum atomic E-state index is -0.388. The third kappa shape index (κ3) is 5.25. The smallest absolute Gasteiger partial charge is 0.123 e. The predicted octanol–water partition coefficient (Wildman–Crippen LogP) is 1.21. The Kier molecular flexibility index (Phi) is 7.12. The zero-order chi connectivity index (χ0) is 15.8. The van der Waals surface area contributed by atoms with Crippen LogP contribution in [0.15, 0.2) is 24.3 Å². The number of nitrogens with zero attached hydrogens (tertiary/aromatic N) is 2. The van der Waals surface area contributed by atoms with Gasteiger partial charge in [0.15, 0.2) is 0 Å². The topological polar surface area (TPSA) is 45.2 Å². The van der Waals surface area contributed by atoms with Crippen LogP contribution in [0.2, 0.25) is 0 Å². The normalized spacial score (nSPS) is 18.3. The van der Waals surface area contributed by atoms with Gasteiger partial charge in [-0.2, -0.15) is 0 Å². The van der Waals surface area contributed by atoms with E-state index >= 15 is 0 Å². The number of β-amino-alcohol motifs (C(OH)–C–C–N with tert-alkyl or cyclic N) is 1. The Morgan fingerprint density at radius 3 is 2.50 bits per heavy atom. The van der Waals surface area contributed by atoms with Crippen molar-refractivity contribution in [3.05, 3.63) is 29.8 Å². The molecule has 1 N–H and O–H groups in total. The Morgan fingerprint density at radius 1 is 1.14 bits per heavy atom. The fourth-order valence-corrected chi connectivity index (χ4v) is 2.81. The first-order valence-electron chi connectivity index (χ1n) is 8.05. The van der Waals surface area contributed by atoms with E-state index in [0.717, 1.165) is 38.5 Å². The summed E-state index contributed by atoms with van der Waals surface area (Å²) in [6.07, 6.45) is -0.388. The number of methoxy groups -OCH3 is 1. The van der Waals surface area contributed by atoms with Gasteiger partial charge in [-0.15, -0.1) is 0 Å². The van der Waals surface area contributed by atoms with E-state index in [9.17, 15) is 5.11 Å². The van der Waals surface area contributed by atoms with Gasteiger partial charge < -0.3 is 14.6 Å². The van der Waals surface area contributed by atoms with Crippen LogP contribution in [-0.4, -0.2) is 74.1 Å². The first-order valence-corrected chi connectivity index (χ1v) is 8.05. The molecule has 1 atom stereocenters. The minimum absolute atomic E-state index is 0.388. The first kappa shape index (κ1) is 17.2. The van der Waals surface area contributed by atoms with Crippen LogP contribution in [0.1, 0.15) is 12.5 Å². The number of benzene rings is 1. The van der Waals surface area contributed by atoms with Gasteiger partial charge in [0, 0.05) is 51.4 Å². The van der Waals surface area contributed by atoms with Gasteiger partial charge in [-0.05, 0) is 13.0 Å². The van der Waals surface area contributed by atoms with Crippen molar-refractivity contribution in [3.63, 3.8) is 0 Å². The van der Waals surface area contributed by atoms with Crippen molar-refractivity contribution >= 4 is 0 Å². The maximum absolute atomic E-state index is 9.91. The van der Waals surface area contributed by atoms with E-state index in [1.165, 1.54) is 5.56 Å². The number of piperazine rings is 1. The highest BCUT2D eigenvalue weighted by atomic mass is 16.5. The molecule has 1 aliphatic rings. The molecular weight excluding hydrogens is 280 g/mol. The first-order chi connectivity index (χ1) is 10.7. The number of para-hydroxylation sites is 1. The largest absolute Gasteiger partial charge is 0.496 e. The highest BCUT2D eigenvalue weighted by molar-refractivity contribution is 5.33. The Labute approximate surface area is 133 Å². The molecule has 5 nitrogen and oxygen atoms in total. The Bertz CT molecular complexity index is 434. The SMILES string of the molecule is CCOCC(O)CN1CCN(Cc2ccccc2OC)CC1. The summed E-state index contributed by atoms with van der Waals surface area (Å²) in [7, 11) is 1.72. The minimum Gasteiger partial charge on any atom is -0.496 e. The van der Waals surface area contributed by atoms with Crippen LogP contribution in [-0.2, 0) is 11.3 Å². The fourth-order valence-electron chi connectivity index (χ4n) is 2.81.